The Morgan fingerprint density at radius 1 is 1.13 bits per heavy atom. The molecule has 0 saturated carbocycles. The van der Waals surface area contributed by atoms with Gasteiger partial charge in [0.1, 0.15) is 11.3 Å². The number of para-hydroxylation sites is 1. The summed E-state index contributed by atoms with van der Waals surface area (Å²) in [6, 6.07) is 16.1. The van der Waals surface area contributed by atoms with Gasteiger partial charge in [0, 0.05) is 5.69 Å². The fraction of sp³-hybridized carbons (Fsp3) is 0.0588. The van der Waals surface area contributed by atoms with Crippen LogP contribution in [0.1, 0.15) is 0 Å². The number of hydrogen-bond acceptors (Lipinski definition) is 5. The van der Waals surface area contributed by atoms with E-state index in [2.05, 4.69) is 15.3 Å². The minimum Gasteiger partial charge on any atom is -0.497 e. The number of nitrogens with one attached hydrogen (secondary N) is 2. The Kier molecular flexibility index (Phi) is 3.97. The number of H-pyrrole nitrogens is 1. The van der Waals surface area contributed by atoms with E-state index in [1.54, 1.807) is 24.3 Å². The Bertz CT molecular complexity index is 876. The first kappa shape index (κ1) is 14.6. The zero-order valence-electron chi connectivity index (χ0n) is 12.4. The highest BCUT2D eigenvalue weighted by Gasteiger charge is 2.13. The molecule has 1 heterocycles. The molecule has 0 aliphatic rings. The number of rotatable bonds is 4. The Morgan fingerprint density at radius 3 is 2.61 bits per heavy atom. The lowest BCUT2D eigenvalue weighted by Crippen LogP contribution is -2.13. The van der Waals surface area contributed by atoms with Crippen molar-refractivity contribution in [3.05, 3.63) is 65.0 Å². The molecule has 0 bridgehead atoms. The van der Waals surface area contributed by atoms with Crippen LogP contribution in [0.5, 0.6) is 11.6 Å². The lowest BCUT2D eigenvalue weighted by molar-refractivity contribution is 0.415. The van der Waals surface area contributed by atoms with Crippen molar-refractivity contribution >= 4 is 11.6 Å². The largest absolute Gasteiger partial charge is 0.497 e. The molecule has 0 radical (unpaired) electrons. The topological polar surface area (TPSA) is 87.2 Å². The van der Waals surface area contributed by atoms with Crippen molar-refractivity contribution in [3.8, 4) is 22.8 Å². The van der Waals surface area contributed by atoms with E-state index in [-0.39, 0.29) is 17.4 Å². The summed E-state index contributed by atoms with van der Waals surface area (Å²) in [4.78, 5) is 18.9. The Labute approximate surface area is 132 Å². The van der Waals surface area contributed by atoms with Crippen molar-refractivity contribution < 1.29 is 9.84 Å². The van der Waals surface area contributed by atoms with E-state index in [0.29, 0.717) is 11.3 Å². The monoisotopic (exact) mass is 309 g/mol. The molecule has 0 saturated heterocycles. The molecule has 0 atom stereocenters. The molecule has 0 spiro atoms. The molecule has 23 heavy (non-hydrogen) atoms. The predicted molar refractivity (Wildman–Crippen MR) is 88.2 cm³/mol. The van der Waals surface area contributed by atoms with Crippen LogP contribution >= 0.6 is 0 Å². The maximum atomic E-state index is 12.3. The van der Waals surface area contributed by atoms with Crippen LogP contribution < -0.4 is 15.6 Å². The van der Waals surface area contributed by atoms with Gasteiger partial charge in [-0.05, 0) is 29.8 Å². The molecule has 116 valence electrons. The van der Waals surface area contributed by atoms with Crippen LogP contribution in [-0.2, 0) is 0 Å². The first-order valence-electron chi connectivity index (χ1n) is 6.97. The number of methoxy groups -OCH3 is 1. The molecular formula is C17H15N3O3. The number of anilines is 2. The summed E-state index contributed by atoms with van der Waals surface area (Å²) in [5, 5.41) is 13.1. The Morgan fingerprint density at radius 2 is 1.91 bits per heavy atom. The average Bonchev–Trinajstić information content (AvgIpc) is 2.55. The number of hydrogen-bond donors (Lipinski definition) is 3. The molecule has 0 aliphatic carbocycles. The molecule has 3 N–H and O–H groups in total. The lowest BCUT2D eigenvalue weighted by Gasteiger charge is -2.09. The molecule has 3 rings (SSSR count). The van der Waals surface area contributed by atoms with Crippen molar-refractivity contribution in [1.29, 1.82) is 0 Å². The minimum atomic E-state index is -0.441. The number of aromatic nitrogens is 2. The van der Waals surface area contributed by atoms with Gasteiger partial charge in [-0.2, -0.15) is 4.98 Å². The fourth-order valence-electron chi connectivity index (χ4n) is 2.22. The van der Waals surface area contributed by atoms with Crippen LogP contribution in [0, 0.1) is 0 Å². The highest BCUT2D eigenvalue weighted by Crippen LogP contribution is 2.27. The summed E-state index contributed by atoms with van der Waals surface area (Å²) in [5.74, 6) is 0.415. The lowest BCUT2D eigenvalue weighted by atomic mass is 10.1. The Hall–Kier alpha value is -3.28. The van der Waals surface area contributed by atoms with Gasteiger partial charge in [0.15, 0.2) is 0 Å². The molecule has 1 aromatic heterocycles. The van der Waals surface area contributed by atoms with Gasteiger partial charge in [-0.1, -0.05) is 30.3 Å². The van der Waals surface area contributed by atoms with Gasteiger partial charge in [0.05, 0.1) is 7.11 Å². The third-order valence-corrected chi connectivity index (χ3v) is 3.30. The zero-order chi connectivity index (χ0) is 16.2. The minimum absolute atomic E-state index is 0.0995. The molecule has 0 unspecified atom stereocenters. The summed E-state index contributed by atoms with van der Waals surface area (Å²) in [6.45, 7) is 0. The molecular weight excluding hydrogens is 294 g/mol. The smallest absolute Gasteiger partial charge is 0.264 e. The highest BCUT2D eigenvalue weighted by atomic mass is 16.5. The molecule has 2 aromatic carbocycles. The van der Waals surface area contributed by atoms with E-state index < -0.39 is 5.56 Å². The van der Waals surface area contributed by atoms with Gasteiger partial charge < -0.3 is 15.2 Å². The zero-order valence-corrected chi connectivity index (χ0v) is 12.4. The highest BCUT2D eigenvalue weighted by molar-refractivity contribution is 5.69. The van der Waals surface area contributed by atoms with Gasteiger partial charge in [0.2, 0.25) is 11.8 Å². The van der Waals surface area contributed by atoms with E-state index >= 15 is 0 Å². The van der Waals surface area contributed by atoms with E-state index in [1.807, 2.05) is 30.3 Å². The number of benzene rings is 2. The summed E-state index contributed by atoms with van der Waals surface area (Å²) in [7, 11) is 1.54. The van der Waals surface area contributed by atoms with Crippen molar-refractivity contribution in [1.82, 2.24) is 9.97 Å². The quantitative estimate of drug-likeness (QED) is 0.690. The molecule has 6 nitrogen and oxygen atoms in total. The standard InChI is InChI=1S/C17H15N3O3/c1-23-13-9-5-6-11(10-13)14-15(21)19-17(20-16(14)22)18-12-7-3-2-4-8-12/h2-10H,1H3,(H3,18,19,20,21,22). The van der Waals surface area contributed by atoms with Gasteiger partial charge >= 0.3 is 0 Å². The van der Waals surface area contributed by atoms with E-state index in [4.69, 9.17) is 4.74 Å². The van der Waals surface area contributed by atoms with E-state index in [9.17, 15) is 9.90 Å². The van der Waals surface area contributed by atoms with Crippen LogP contribution in [0.3, 0.4) is 0 Å². The average molecular weight is 309 g/mol. The second-order valence-corrected chi connectivity index (χ2v) is 4.84. The Balaban J connectivity index is 1.99. The molecule has 6 heteroatoms. The molecule has 0 amide bonds. The van der Waals surface area contributed by atoms with Crippen LogP contribution in [0.15, 0.2) is 59.4 Å². The van der Waals surface area contributed by atoms with Gasteiger partial charge in [0.25, 0.3) is 5.56 Å². The van der Waals surface area contributed by atoms with E-state index in [0.717, 1.165) is 5.69 Å². The van der Waals surface area contributed by atoms with Crippen LogP contribution in [0.2, 0.25) is 0 Å². The van der Waals surface area contributed by atoms with Gasteiger partial charge in [-0.3, -0.25) is 9.78 Å². The second kappa shape index (κ2) is 6.23. The van der Waals surface area contributed by atoms with Crippen molar-refractivity contribution in [3.63, 3.8) is 0 Å². The summed E-state index contributed by atoms with van der Waals surface area (Å²) >= 11 is 0. The SMILES string of the molecule is COc1cccc(-c2c(O)nc(Nc3ccccc3)[nH]c2=O)c1. The summed E-state index contributed by atoms with van der Waals surface area (Å²) in [5.41, 5.74) is 0.942. The second-order valence-electron chi connectivity index (χ2n) is 4.84. The number of aromatic hydroxyl groups is 1. The third kappa shape index (κ3) is 3.16. The molecule has 0 fully saturated rings. The van der Waals surface area contributed by atoms with Crippen molar-refractivity contribution in [2.45, 2.75) is 0 Å². The van der Waals surface area contributed by atoms with Crippen LogP contribution in [0.25, 0.3) is 11.1 Å². The van der Waals surface area contributed by atoms with Crippen molar-refractivity contribution in [2.24, 2.45) is 0 Å². The number of nitrogens with zero attached hydrogens (tertiary/aromatic N) is 1. The first-order chi connectivity index (χ1) is 11.2. The molecule has 0 aliphatic heterocycles. The predicted octanol–water partition coefficient (Wildman–Crippen LogP) is 2.89. The van der Waals surface area contributed by atoms with Gasteiger partial charge in [-0.25, -0.2) is 0 Å². The van der Waals surface area contributed by atoms with E-state index in [1.165, 1.54) is 7.11 Å². The van der Waals surface area contributed by atoms with Gasteiger partial charge in [-0.15, -0.1) is 0 Å². The maximum Gasteiger partial charge on any atom is 0.264 e. The third-order valence-electron chi connectivity index (χ3n) is 3.30. The molecule has 3 aromatic rings. The van der Waals surface area contributed by atoms with Crippen molar-refractivity contribution in [2.75, 3.05) is 12.4 Å². The maximum absolute atomic E-state index is 12.3. The fourth-order valence-corrected chi connectivity index (χ4v) is 2.22. The first-order valence-corrected chi connectivity index (χ1v) is 6.97. The number of aromatic amines is 1. The summed E-state index contributed by atoms with van der Waals surface area (Å²) in [6.07, 6.45) is 0. The van der Waals surface area contributed by atoms with Crippen LogP contribution in [0.4, 0.5) is 11.6 Å². The normalized spacial score (nSPS) is 10.3. The summed E-state index contributed by atoms with van der Waals surface area (Å²) < 4.78 is 5.13. The number of ether oxygens (including phenoxy) is 1. The van der Waals surface area contributed by atoms with Crippen LogP contribution in [-0.4, -0.2) is 22.2 Å².